The summed E-state index contributed by atoms with van der Waals surface area (Å²) in [6.45, 7) is 2.70. The predicted octanol–water partition coefficient (Wildman–Crippen LogP) is 0.388. The molecular weight excluding hydrogens is 222 g/mol. The van der Waals surface area contributed by atoms with E-state index in [2.05, 4.69) is 10.1 Å². The number of ether oxygens (including phenoxy) is 1. The quantitative estimate of drug-likeness (QED) is 0.709. The van der Waals surface area contributed by atoms with E-state index in [9.17, 15) is 0 Å². The number of hydrogen-bond acceptors (Lipinski definition) is 6. The standard InChI is InChI=1S/C11H19N3O3/c1-16-7-5-14(4-6-15)8-10-12-11(17-13-10)9-2-3-9/h9,15H,2-8H2,1H3. The Kier molecular flexibility index (Phi) is 4.47. The smallest absolute Gasteiger partial charge is 0.229 e. The van der Waals surface area contributed by atoms with Crippen LogP contribution in [0, 0.1) is 0 Å². The Bertz CT molecular complexity index is 338. The summed E-state index contributed by atoms with van der Waals surface area (Å²) in [5.41, 5.74) is 0. The topological polar surface area (TPSA) is 71.6 Å². The fourth-order valence-corrected chi connectivity index (χ4v) is 1.66. The number of methoxy groups -OCH3 is 1. The first-order valence-corrected chi connectivity index (χ1v) is 5.98. The van der Waals surface area contributed by atoms with Gasteiger partial charge in [-0.15, -0.1) is 0 Å². The fourth-order valence-electron chi connectivity index (χ4n) is 1.66. The number of hydrogen-bond donors (Lipinski definition) is 1. The van der Waals surface area contributed by atoms with E-state index in [-0.39, 0.29) is 6.61 Å². The van der Waals surface area contributed by atoms with Gasteiger partial charge in [-0.3, -0.25) is 4.90 Å². The molecule has 0 unspecified atom stereocenters. The van der Waals surface area contributed by atoms with Crippen LogP contribution in [0.15, 0.2) is 4.52 Å². The Balaban J connectivity index is 1.85. The van der Waals surface area contributed by atoms with Crippen LogP contribution in [0.2, 0.25) is 0 Å². The molecule has 6 heteroatoms. The molecule has 0 spiro atoms. The lowest BCUT2D eigenvalue weighted by Gasteiger charge is -2.18. The molecule has 0 bridgehead atoms. The Morgan fingerprint density at radius 2 is 2.29 bits per heavy atom. The Labute approximate surface area is 101 Å². The van der Waals surface area contributed by atoms with Crippen LogP contribution in [0.25, 0.3) is 0 Å². The fraction of sp³-hybridized carbons (Fsp3) is 0.818. The third kappa shape index (κ3) is 3.76. The SMILES string of the molecule is COCCN(CCO)Cc1noc(C2CC2)n1. The first-order chi connectivity index (χ1) is 8.33. The summed E-state index contributed by atoms with van der Waals surface area (Å²) in [6.07, 6.45) is 2.32. The molecule has 0 aliphatic heterocycles. The van der Waals surface area contributed by atoms with Gasteiger partial charge in [0.15, 0.2) is 5.82 Å². The molecule has 1 aliphatic carbocycles. The van der Waals surface area contributed by atoms with Gasteiger partial charge >= 0.3 is 0 Å². The molecule has 1 aromatic rings. The first-order valence-electron chi connectivity index (χ1n) is 5.98. The third-order valence-electron chi connectivity index (χ3n) is 2.80. The summed E-state index contributed by atoms with van der Waals surface area (Å²) >= 11 is 0. The largest absolute Gasteiger partial charge is 0.395 e. The van der Waals surface area contributed by atoms with Crippen LogP contribution >= 0.6 is 0 Å². The van der Waals surface area contributed by atoms with Gasteiger partial charge in [0.05, 0.1) is 19.8 Å². The average molecular weight is 241 g/mol. The van der Waals surface area contributed by atoms with E-state index < -0.39 is 0 Å². The van der Waals surface area contributed by atoms with E-state index in [0.29, 0.717) is 31.4 Å². The molecular formula is C11H19N3O3. The monoisotopic (exact) mass is 241 g/mol. The molecule has 1 fully saturated rings. The van der Waals surface area contributed by atoms with E-state index in [1.54, 1.807) is 7.11 Å². The number of rotatable bonds is 8. The first kappa shape index (κ1) is 12.5. The highest BCUT2D eigenvalue weighted by Crippen LogP contribution is 2.38. The molecule has 1 saturated carbocycles. The second-order valence-corrected chi connectivity index (χ2v) is 4.32. The third-order valence-corrected chi connectivity index (χ3v) is 2.80. The van der Waals surface area contributed by atoms with Crippen LogP contribution < -0.4 is 0 Å². The molecule has 0 aromatic carbocycles. The summed E-state index contributed by atoms with van der Waals surface area (Å²) < 4.78 is 10.2. The second-order valence-electron chi connectivity index (χ2n) is 4.32. The molecule has 0 radical (unpaired) electrons. The second kappa shape index (κ2) is 6.09. The highest BCUT2D eigenvalue weighted by Gasteiger charge is 2.29. The van der Waals surface area contributed by atoms with Gasteiger partial charge in [0.25, 0.3) is 0 Å². The van der Waals surface area contributed by atoms with E-state index in [1.165, 1.54) is 0 Å². The van der Waals surface area contributed by atoms with Crippen LogP contribution in [0.5, 0.6) is 0 Å². The summed E-state index contributed by atoms with van der Waals surface area (Å²) in [4.78, 5) is 6.41. The van der Waals surface area contributed by atoms with Gasteiger partial charge in [0, 0.05) is 26.1 Å². The van der Waals surface area contributed by atoms with Crippen molar-refractivity contribution in [2.45, 2.75) is 25.3 Å². The molecule has 1 aromatic heterocycles. The minimum atomic E-state index is 0.122. The molecule has 6 nitrogen and oxygen atoms in total. The normalized spacial score (nSPS) is 15.7. The van der Waals surface area contributed by atoms with Crippen molar-refractivity contribution in [1.29, 1.82) is 0 Å². The van der Waals surface area contributed by atoms with Gasteiger partial charge in [-0.2, -0.15) is 4.98 Å². The van der Waals surface area contributed by atoms with Gasteiger partial charge in [-0.1, -0.05) is 5.16 Å². The Hall–Kier alpha value is -0.980. The summed E-state index contributed by atoms with van der Waals surface area (Å²) in [7, 11) is 1.66. The maximum Gasteiger partial charge on any atom is 0.229 e. The maximum atomic E-state index is 8.97. The zero-order valence-corrected chi connectivity index (χ0v) is 10.1. The highest BCUT2D eigenvalue weighted by molar-refractivity contribution is 5.01. The zero-order valence-electron chi connectivity index (χ0n) is 10.1. The minimum absolute atomic E-state index is 0.122. The average Bonchev–Trinajstić information content (AvgIpc) is 3.08. The zero-order chi connectivity index (χ0) is 12.1. The number of aliphatic hydroxyl groups excluding tert-OH is 1. The number of aromatic nitrogens is 2. The van der Waals surface area contributed by atoms with Crippen LogP contribution in [-0.4, -0.2) is 53.6 Å². The summed E-state index contributed by atoms with van der Waals surface area (Å²) in [5.74, 6) is 1.94. The van der Waals surface area contributed by atoms with E-state index in [4.69, 9.17) is 14.4 Å². The highest BCUT2D eigenvalue weighted by atomic mass is 16.5. The van der Waals surface area contributed by atoms with E-state index in [1.807, 2.05) is 4.90 Å². The molecule has 1 heterocycles. The molecule has 0 amide bonds. The van der Waals surface area contributed by atoms with Crippen LogP contribution in [0.3, 0.4) is 0 Å². The molecule has 96 valence electrons. The van der Waals surface area contributed by atoms with Crippen molar-refractivity contribution in [2.24, 2.45) is 0 Å². The lowest BCUT2D eigenvalue weighted by molar-refractivity contribution is 0.124. The maximum absolute atomic E-state index is 8.97. The van der Waals surface area contributed by atoms with Crippen LogP contribution in [0.4, 0.5) is 0 Å². The van der Waals surface area contributed by atoms with Gasteiger partial charge in [-0.05, 0) is 12.8 Å². The molecule has 2 rings (SSSR count). The van der Waals surface area contributed by atoms with Gasteiger partial charge in [0.2, 0.25) is 5.89 Å². The van der Waals surface area contributed by atoms with Gasteiger partial charge < -0.3 is 14.4 Å². The van der Waals surface area contributed by atoms with Crippen molar-refractivity contribution in [1.82, 2.24) is 15.0 Å². The Morgan fingerprint density at radius 3 is 2.94 bits per heavy atom. The van der Waals surface area contributed by atoms with Crippen molar-refractivity contribution in [3.8, 4) is 0 Å². The van der Waals surface area contributed by atoms with E-state index in [0.717, 1.165) is 25.3 Å². The minimum Gasteiger partial charge on any atom is -0.395 e. The predicted molar refractivity (Wildman–Crippen MR) is 60.5 cm³/mol. The van der Waals surface area contributed by atoms with Crippen molar-refractivity contribution < 1.29 is 14.4 Å². The number of aliphatic hydroxyl groups is 1. The van der Waals surface area contributed by atoms with Crippen LogP contribution in [-0.2, 0) is 11.3 Å². The van der Waals surface area contributed by atoms with Crippen molar-refractivity contribution in [2.75, 3.05) is 33.4 Å². The van der Waals surface area contributed by atoms with Crippen molar-refractivity contribution in [3.05, 3.63) is 11.7 Å². The Morgan fingerprint density at radius 1 is 1.47 bits per heavy atom. The molecule has 1 N–H and O–H groups in total. The van der Waals surface area contributed by atoms with E-state index >= 15 is 0 Å². The van der Waals surface area contributed by atoms with Gasteiger partial charge in [-0.25, -0.2) is 0 Å². The van der Waals surface area contributed by atoms with Gasteiger partial charge in [0.1, 0.15) is 0 Å². The lowest BCUT2D eigenvalue weighted by atomic mass is 10.4. The molecule has 1 aliphatic rings. The summed E-state index contributed by atoms with van der Waals surface area (Å²) in [5, 5.41) is 12.9. The molecule has 17 heavy (non-hydrogen) atoms. The molecule has 0 saturated heterocycles. The van der Waals surface area contributed by atoms with Crippen LogP contribution in [0.1, 0.15) is 30.5 Å². The molecule has 0 atom stereocenters. The van der Waals surface area contributed by atoms with Crippen molar-refractivity contribution >= 4 is 0 Å². The van der Waals surface area contributed by atoms with Crippen molar-refractivity contribution in [3.63, 3.8) is 0 Å². The number of nitrogens with zero attached hydrogens (tertiary/aromatic N) is 3. The lowest BCUT2D eigenvalue weighted by Crippen LogP contribution is -2.30. The summed E-state index contributed by atoms with van der Waals surface area (Å²) in [6, 6.07) is 0.